The smallest absolute Gasteiger partial charge is 0.192 e. The Balaban J connectivity index is 1.83. The molecule has 1 aromatic heterocycles. The number of hydrogen-bond donors (Lipinski definition) is 1. The summed E-state index contributed by atoms with van der Waals surface area (Å²) in [5.74, 6) is 0. The SMILES string of the molecule is CC(C)(C)[Si](C)(C)OCc1ccc(CNC2CC2)cn1. The maximum Gasteiger partial charge on any atom is 0.192 e. The summed E-state index contributed by atoms with van der Waals surface area (Å²) >= 11 is 0. The largest absolute Gasteiger partial charge is 0.411 e. The Morgan fingerprint density at radius 2 is 2.00 bits per heavy atom. The molecule has 1 fully saturated rings. The van der Waals surface area contributed by atoms with Gasteiger partial charge in [0.1, 0.15) is 0 Å². The van der Waals surface area contributed by atoms with Crippen LogP contribution in [0.2, 0.25) is 18.1 Å². The first kappa shape index (κ1) is 15.7. The van der Waals surface area contributed by atoms with E-state index in [4.69, 9.17) is 4.43 Å². The van der Waals surface area contributed by atoms with Crippen molar-refractivity contribution >= 4 is 8.32 Å². The molecular weight excluding hydrogens is 264 g/mol. The minimum absolute atomic E-state index is 0.251. The normalized spacial score (nSPS) is 16.4. The Morgan fingerprint density at radius 3 is 2.50 bits per heavy atom. The molecule has 1 aromatic rings. The first-order valence-corrected chi connectivity index (χ1v) is 10.5. The van der Waals surface area contributed by atoms with E-state index in [1.54, 1.807) is 0 Å². The molecule has 3 nitrogen and oxygen atoms in total. The molecule has 20 heavy (non-hydrogen) atoms. The highest BCUT2D eigenvalue weighted by molar-refractivity contribution is 6.74. The van der Waals surface area contributed by atoms with Gasteiger partial charge < -0.3 is 9.74 Å². The summed E-state index contributed by atoms with van der Waals surface area (Å²) in [6.07, 6.45) is 4.62. The molecule has 4 heteroatoms. The number of rotatable bonds is 6. The van der Waals surface area contributed by atoms with E-state index in [-0.39, 0.29) is 5.04 Å². The van der Waals surface area contributed by atoms with Gasteiger partial charge in [0.25, 0.3) is 0 Å². The van der Waals surface area contributed by atoms with Crippen molar-refractivity contribution in [3.63, 3.8) is 0 Å². The van der Waals surface area contributed by atoms with Gasteiger partial charge in [0, 0.05) is 18.8 Å². The summed E-state index contributed by atoms with van der Waals surface area (Å²) in [6.45, 7) is 12.9. The van der Waals surface area contributed by atoms with Crippen LogP contribution >= 0.6 is 0 Å². The lowest BCUT2D eigenvalue weighted by Gasteiger charge is -2.36. The molecule has 1 N–H and O–H groups in total. The molecule has 1 saturated carbocycles. The highest BCUT2D eigenvalue weighted by Crippen LogP contribution is 2.36. The van der Waals surface area contributed by atoms with Crippen molar-refractivity contribution in [2.45, 2.75) is 70.9 Å². The average Bonchev–Trinajstić information content (AvgIpc) is 3.18. The van der Waals surface area contributed by atoms with Gasteiger partial charge >= 0.3 is 0 Å². The molecule has 0 aromatic carbocycles. The third-order valence-corrected chi connectivity index (χ3v) is 8.92. The predicted molar refractivity (Wildman–Crippen MR) is 86.1 cm³/mol. The zero-order valence-electron chi connectivity index (χ0n) is 13.5. The second kappa shape index (κ2) is 5.96. The monoisotopic (exact) mass is 292 g/mol. The fourth-order valence-corrected chi connectivity index (χ4v) is 2.61. The highest BCUT2D eigenvalue weighted by Gasteiger charge is 2.37. The molecule has 1 aliphatic rings. The zero-order chi connectivity index (χ0) is 14.8. The van der Waals surface area contributed by atoms with E-state index >= 15 is 0 Å². The molecule has 0 amide bonds. The first-order chi connectivity index (χ1) is 9.28. The second-order valence-corrected chi connectivity index (χ2v) is 12.2. The van der Waals surface area contributed by atoms with Crippen LogP contribution in [0.25, 0.3) is 0 Å². The van der Waals surface area contributed by atoms with Gasteiger partial charge in [0.05, 0.1) is 12.3 Å². The summed E-state index contributed by atoms with van der Waals surface area (Å²) in [5, 5.41) is 3.76. The molecule has 0 saturated heterocycles. The van der Waals surface area contributed by atoms with Crippen molar-refractivity contribution in [2.75, 3.05) is 0 Å². The van der Waals surface area contributed by atoms with Crippen molar-refractivity contribution in [2.24, 2.45) is 0 Å². The fourth-order valence-electron chi connectivity index (χ4n) is 1.67. The predicted octanol–water partition coefficient (Wildman–Crippen LogP) is 3.86. The number of nitrogens with one attached hydrogen (secondary N) is 1. The van der Waals surface area contributed by atoms with E-state index in [1.165, 1.54) is 18.4 Å². The Bertz CT molecular complexity index is 433. The van der Waals surface area contributed by atoms with E-state index in [0.717, 1.165) is 18.3 Å². The molecule has 0 bridgehead atoms. The summed E-state index contributed by atoms with van der Waals surface area (Å²) < 4.78 is 6.19. The van der Waals surface area contributed by atoms with Crippen molar-refractivity contribution < 1.29 is 4.43 Å². The van der Waals surface area contributed by atoms with Gasteiger partial charge in [-0.1, -0.05) is 26.8 Å². The van der Waals surface area contributed by atoms with Crippen molar-refractivity contribution in [1.82, 2.24) is 10.3 Å². The molecule has 1 heterocycles. The maximum absolute atomic E-state index is 6.19. The van der Waals surface area contributed by atoms with Gasteiger partial charge in [-0.25, -0.2) is 0 Å². The number of aromatic nitrogens is 1. The molecule has 2 rings (SSSR count). The van der Waals surface area contributed by atoms with Crippen LogP contribution in [0.15, 0.2) is 18.3 Å². The highest BCUT2D eigenvalue weighted by atomic mass is 28.4. The van der Waals surface area contributed by atoms with Gasteiger partial charge in [0.15, 0.2) is 8.32 Å². The van der Waals surface area contributed by atoms with Crippen LogP contribution in [0.3, 0.4) is 0 Å². The van der Waals surface area contributed by atoms with Crippen LogP contribution < -0.4 is 5.32 Å². The minimum atomic E-state index is -1.68. The fraction of sp³-hybridized carbons (Fsp3) is 0.688. The van der Waals surface area contributed by atoms with E-state index in [2.05, 4.69) is 56.3 Å². The lowest BCUT2D eigenvalue weighted by Crippen LogP contribution is -2.40. The van der Waals surface area contributed by atoms with Gasteiger partial charge in [-0.3, -0.25) is 4.98 Å². The molecule has 0 radical (unpaired) electrons. The molecule has 0 spiro atoms. The maximum atomic E-state index is 6.19. The number of hydrogen-bond acceptors (Lipinski definition) is 3. The second-order valence-electron chi connectivity index (χ2n) is 7.36. The average molecular weight is 292 g/mol. The topological polar surface area (TPSA) is 34.1 Å². The van der Waals surface area contributed by atoms with E-state index in [0.29, 0.717) is 6.61 Å². The molecule has 0 atom stereocenters. The van der Waals surface area contributed by atoms with Gasteiger partial charge in [-0.15, -0.1) is 0 Å². The number of pyridine rings is 1. The Kier molecular flexibility index (Phi) is 4.67. The Morgan fingerprint density at radius 1 is 1.30 bits per heavy atom. The van der Waals surface area contributed by atoms with Crippen LogP contribution in [0.5, 0.6) is 0 Å². The summed E-state index contributed by atoms with van der Waals surface area (Å²) in [6, 6.07) is 5.00. The Hall–Kier alpha value is -0.713. The molecular formula is C16H28N2OSi. The van der Waals surface area contributed by atoms with Gasteiger partial charge in [-0.2, -0.15) is 0 Å². The standard InChI is InChI=1S/C16H28N2OSi/c1-16(2,3)20(4,5)19-12-15-7-6-13(11-18-15)10-17-14-8-9-14/h6-7,11,14,17H,8-10,12H2,1-5H3. The van der Waals surface area contributed by atoms with Crippen LogP contribution in [-0.2, 0) is 17.6 Å². The quantitative estimate of drug-likeness (QED) is 0.809. The van der Waals surface area contributed by atoms with Crippen molar-refractivity contribution in [3.05, 3.63) is 29.6 Å². The molecule has 112 valence electrons. The van der Waals surface area contributed by atoms with Crippen LogP contribution in [0.4, 0.5) is 0 Å². The zero-order valence-corrected chi connectivity index (χ0v) is 14.5. The third kappa shape index (κ3) is 4.40. The number of nitrogens with zero attached hydrogens (tertiary/aromatic N) is 1. The van der Waals surface area contributed by atoms with E-state index < -0.39 is 8.32 Å². The first-order valence-electron chi connectivity index (χ1n) is 7.59. The summed E-state index contributed by atoms with van der Waals surface area (Å²) in [4.78, 5) is 4.52. The van der Waals surface area contributed by atoms with Crippen LogP contribution in [0, 0.1) is 0 Å². The minimum Gasteiger partial charge on any atom is -0.411 e. The van der Waals surface area contributed by atoms with E-state index in [1.807, 2.05) is 6.20 Å². The van der Waals surface area contributed by atoms with Crippen LogP contribution in [0.1, 0.15) is 44.9 Å². The molecule has 0 unspecified atom stereocenters. The van der Waals surface area contributed by atoms with Gasteiger partial charge in [-0.05, 0) is 42.6 Å². The van der Waals surface area contributed by atoms with E-state index in [9.17, 15) is 0 Å². The van der Waals surface area contributed by atoms with Crippen LogP contribution in [-0.4, -0.2) is 19.3 Å². The lowest BCUT2D eigenvalue weighted by atomic mass is 10.2. The molecule has 1 aliphatic carbocycles. The van der Waals surface area contributed by atoms with Crippen molar-refractivity contribution in [3.8, 4) is 0 Å². The molecule has 0 aliphatic heterocycles. The Labute approximate surface area is 124 Å². The summed E-state index contributed by atoms with van der Waals surface area (Å²) in [5.41, 5.74) is 2.29. The van der Waals surface area contributed by atoms with Crippen molar-refractivity contribution in [1.29, 1.82) is 0 Å². The van der Waals surface area contributed by atoms with Gasteiger partial charge in [0.2, 0.25) is 0 Å². The lowest BCUT2D eigenvalue weighted by molar-refractivity contribution is 0.272. The summed E-state index contributed by atoms with van der Waals surface area (Å²) in [7, 11) is -1.68. The third-order valence-electron chi connectivity index (χ3n) is 4.45.